The summed E-state index contributed by atoms with van der Waals surface area (Å²) in [6, 6.07) is 6.63. The minimum Gasteiger partial charge on any atom is -0.496 e. The molecule has 0 bridgehead atoms. The van der Waals surface area contributed by atoms with E-state index in [1.165, 1.54) is 16.7 Å². The van der Waals surface area contributed by atoms with Crippen LogP contribution in [0.25, 0.3) is 6.08 Å². The summed E-state index contributed by atoms with van der Waals surface area (Å²) in [6.45, 7) is 7.40. The summed E-state index contributed by atoms with van der Waals surface area (Å²) in [5, 5.41) is 0. The Balaban J connectivity index is 2.45. The fourth-order valence-electron chi connectivity index (χ4n) is 1.62. The summed E-state index contributed by atoms with van der Waals surface area (Å²) in [5.74, 6) is 0. The largest absolute Gasteiger partial charge is 0.496 e. The van der Waals surface area contributed by atoms with E-state index in [0.29, 0.717) is 6.61 Å². The lowest BCUT2D eigenvalue weighted by Crippen LogP contribution is -2.12. The first-order chi connectivity index (χ1) is 6.57. The third kappa shape index (κ3) is 1.67. The van der Waals surface area contributed by atoms with Crippen LogP contribution >= 0.6 is 0 Å². The molecule has 0 fully saturated rings. The van der Waals surface area contributed by atoms with Crippen molar-refractivity contribution in [3.8, 4) is 0 Å². The Hall–Kier alpha value is -1.24. The van der Waals surface area contributed by atoms with E-state index in [9.17, 15) is 0 Å². The van der Waals surface area contributed by atoms with Crippen LogP contribution in [0, 0.1) is 0 Å². The van der Waals surface area contributed by atoms with E-state index in [0.717, 1.165) is 0 Å². The molecule has 1 heteroatoms. The van der Waals surface area contributed by atoms with Gasteiger partial charge in [0.15, 0.2) is 0 Å². The van der Waals surface area contributed by atoms with E-state index in [4.69, 9.17) is 4.74 Å². The first-order valence-corrected chi connectivity index (χ1v) is 4.99. The van der Waals surface area contributed by atoms with Crippen molar-refractivity contribution in [2.24, 2.45) is 0 Å². The van der Waals surface area contributed by atoms with Crippen molar-refractivity contribution in [1.29, 1.82) is 0 Å². The molecule has 0 spiro atoms. The highest BCUT2D eigenvalue weighted by Gasteiger charge is 2.15. The second kappa shape index (κ2) is 3.16. The zero-order valence-electron chi connectivity index (χ0n) is 9.00. The Morgan fingerprint density at radius 3 is 2.71 bits per heavy atom. The van der Waals surface area contributed by atoms with E-state index in [-0.39, 0.29) is 5.41 Å². The van der Waals surface area contributed by atoms with Gasteiger partial charge in [-0.1, -0.05) is 39.0 Å². The van der Waals surface area contributed by atoms with E-state index in [1.807, 2.05) is 6.08 Å². The van der Waals surface area contributed by atoms with Crippen molar-refractivity contribution >= 4 is 6.08 Å². The van der Waals surface area contributed by atoms with E-state index < -0.39 is 0 Å². The first-order valence-electron chi connectivity index (χ1n) is 4.99. The molecule has 1 heterocycles. The van der Waals surface area contributed by atoms with Gasteiger partial charge in [-0.25, -0.2) is 0 Å². The van der Waals surface area contributed by atoms with Gasteiger partial charge in [0.25, 0.3) is 0 Å². The third-order valence-electron chi connectivity index (χ3n) is 2.59. The van der Waals surface area contributed by atoms with E-state index >= 15 is 0 Å². The second-order valence-corrected chi connectivity index (χ2v) is 4.78. The average molecular weight is 188 g/mol. The molecule has 0 aromatic heterocycles. The van der Waals surface area contributed by atoms with Gasteiger partial charge in [0.1, 0.15) is 6.61 Å². The third-order valence-corrected chi connectivity index (χ3v) is 2.59. The summed E-state index contributed by atoms with van der Waals surface area (Å²) in [7, 11) is 0. The van der Waals surface area contributed by atoms with Crippen LogP contribution in [0.1, 0.15) is 37.5 Å². The molecular formula is C13H16O. The highest BCUT2D eigenvalue weighted by Crippen LogP contribution is 2.26. The van der Waals surface area contributed by atoms with Gasteiger partial charge in [-0.2, -0.15) is 0 Å². The maximum Gasteiger partial charge on any atom is 0.113 e. The molecule has 14 heavy (non-hydrogen) atoms. The molecule has 74 valence electrons. The molecule has 0 unspecified atom stereocenters. The van der Waals surface area contributed by atoms with Crippen LogP contribution in [0.4, 0.5) is 0 Å². The van der Waals surface area contributed by atoms with Gasteiger partial charge in [0.2, 0.25) is 0 Å². The minimum atomic E-state index is 0.218. The van der Waals surface area contributed by atoms with Gasteiger partial charge in [-0.3, -0.25) is 0 Å². The summed E-state index contributed by atoms with van der Waals surface area (Å²) < 4.78 is 5.28. The number of fused-ring (bicyclic) bond motifs is 1. The lowest BCUT2D eigenvalue weighted by molar-refractivity contribution is 0.234. The first kappa shape index (κ1) is 9.32. The lowest BCUT2D eigenvalue weighted by Gasteiger charge is -2.21. The Kier molecular flexibility index (Phi) is 2.10. The van der Waals surface area contributed by atoms with Crippen LogP contribution in [0.2, 0.25) is 0 Å². The Morgan fingerprint density at radius 2 is 2.00 bits per heavy atom. The van der Waals surface area contributed by atoms with Crippen molar-refractivity contribution in [1.82, 2.24) is 0 Å². The van der Waals surface area contributed by atoms with Crippen LogP contribution in [-0.4, -0.2) is 0 Å². The maximum atomic E-state index is 5.28. The predicted molar refractivity (Wildman–Crippen MR) is 59.0 cm³/mol. The highest BCUT2D eigenvalue weighted by molar-refractivity contribution is 5.55. The maximum absolute atomic E-state index is 5.28. The molecule has 0 saturated carbocycles. The lowest BCUT2D eigenvalue weighted by atomic mass is 9.85. The topological polar surface area (TPSA) is 9.23 Å². The van der Waals surface area contributed by atoms with E-state index in [1.54, 1.807) is 6.26 Å². The SMILES string of the molecule is CC(C)(C)c1ccc2c(c1)COC=C2. The number of rotatable bonds is 0. The Morgan fingerprint density at radius 1 is 1.21 bits per heavy atom. The minimum absolute atomic E-state index is 0.218. The predicted octanol–water partition coefficient (Wildman–Crippen LogP) is 3.49. The molecule has 1 aliphatic heterocycles. The van der Waals surface area contributed by atoms with Crippen LogP contribution in [0.5, 0.6) is 0 Å². The number of ether oxygens (including phenoxy) is 1. The number of hydrogen-bond acceptors (Lipinski definition) is 1. The molecule has 0 saturated heterocycles. The van der Waals surface area contributed by atoms with Crippen molar-refractivity contribution < 1.29 is 4.74 Å². The number of benzene rings is 1. The fraction of sp³-hybridized carbons (Fsp3) is 0.385. The van der Waals surface area contributed by atoms with Gasteiger partial charge >= 0.3 is 0 Å². The zero-order valence-corrected chi connectivity index (χ0v) is 9.00. The molecular weight excluding hydrogens is 172 g/mol. The molecule has 1 aromatic carbocycles. The normalized spacial score (nSPS) is 14.8. The molecule has 0 N–H and O–H groups in total. The van der Waals surface area contributed by atoms with Crippen molar-refractivity contribution in [3.05, 3.63) is 41.2 Å². The molecule has 0 amide bonds. The van der Waals surface area contributed by atoms with E-state index in [2.05, 4.69) is 39.0 Å². The van der Waals surface area contributed by atoms with Crippen molar-refractivity contribution in [2.45, 2.75) is 32.8 Å². The van der Waals surface area contributed by atoms with Gasteiger partial charge in [0, 0.05) is 0 Å². The summed E-state index contributed by atoms with van der Waals surface area (Å²) >= 11 is 0. The van der Waals surface area contributed by atoms with Crippen molar-refractivity contribution in [3.63, 3.8) is 0 Å². The summed E-state index contributed by atoms with van der Waals surface area (Å²) in [6.07, 6.45) is 3.78. The van der Waals surface area contributed by atoms with Crippen LogP contribution in [0.15, 0.2) is 24.5 Å². The molecule has 0 aliphatic carbocycles. The molecule has 0 radical (unpaired) electrons. The van der Waals surface area contributed by atoms with Gasteiger partial charge in [0.05, 0.1) is 6.26 Å². The van der Waals surface area contributed by atoms with Gasteiger partial charge < -0.3 is 4.74 Å². The molecule has 1 nitrogen and oxygen atoms in total. The molecule has 2 rings (SSSR count). The van der Waals surface area contributed by atoms with Crippen molar-refractivity contribution in [2.75, 3.05) is 0 Å². The Bertz CT molecular complexity index is 369. The fourth-order valence-corrected chi connectivity index (χ4v) is 1.62. The number of hydrogen-bond donors (Lipinski definition) is 0. The molecule has 1 aromatic rings. The molecule has 1 aliphatic rings. The Labute approximate surface area is 85.4 Å². The monoisotopic (exact) mass is 188 g/mol. The van der Waals surface area contributed by atoms with Gasteiger partial charge in [-0.15, -0.1) is 0 Å². The van der Waals surface area contributed by atoms with Gasteiger partial charge in [-0.05, 0) is 28.2 Å². The summed E-state index contributed by atoms with van der Waals surface area (Å²) in [4.78, 5) is 0. The quantitative estimate of drug-likeness (QED) is 0.605. The standard InChI is InChI=1S/C13H16O/c1-13(2,3)12-5-4-10-6-7-14-9-11(10)8-12/h4-8H,9H2,1-3H3. The smallest absolute Gasteiger partial charge is 0.113 e. The zero-order chi connectivity index (χ0) is 10.2. The van der Waals surface area contributed by atoms with Crippen LogP contribution in [0.3, 0.4) is 0 Å². The average Bonchev–Trinajstić information content (AvgIpc) is 2.16. The van der Waals surface area contributed by atoms with Crippen LogP contribution in [-0.2, 0) is 16.8 Å². The summed E-state index contributed by atoms with van der Waals surface area (Å²) in [5.41, 5.74) is 4.16. The highest BCUT2D eigenvalue weighted by atomic mass is 16.5. The van der Waals surface area contributed by atoms with Crippen LogP contribution < -0.4 is 0 Å². The molecule has 0 atom stereocenters. The second-order valence-electron chi connectivity index (χ2n) is 4.78.